The van der Waals surface area contributed by atoms with Crippen molar-refractivity contribution in [2.24, 2.45) is 0 Å². The Bertz CT molecular complexity index is 970. The number of anilines is 1. The molecule has 0 spiro atoms. The molecule has 0 radical (unpaired) electrons. The van der Waals surface area contributed by atoms with Gasteiger partial charge in [0.05, 0.1) is 5.56 Å². The molecule has 3 aromatic rings. The van der Waals surface area contributed by atoms with Gasteiger partial charge in [-0.15, -0.1) is 11.3 Å². The minimum atomic E-state index is -0.221. The summed E-state index contributed by atoms with van der Waals surface area (Å²) in [5.74, 6) is 0.404. The summed E-state index contributed by atoms with van der Waals surface area (Å²) >= 11 is 2.93. The van der Waals surface area contributed by atoms with E-state index in [0.717, 1.165) is 31.2 Å². The van der Waals surface area contributed by atoms with Crippen molar-refractivity contribution in [3.8, 4) is 17.0 Å². The lowest BCUT2D eigenvalue weighted by atomic mass is 9.96. The van der Waals surface area contributed by atoms with Gasteiger partial charge < -0.3 is 10.1 Å². The van der Waals surface area contributed by atoms with Gasteiger partial charge in [0.15, 0.2) is 0 Å². The Hall–Kier alpha value is -2.69. The van der Waals surface area contributed by atoms with Crippen molar-refractivity contribution < 1.29 is 9.53 Å². The number of aryl methyl sites for hydroxylation is 1. The van der Waals surface area contributed by atoms with Crippen LogP contribution >= 0.6 is 22.7 Å². The maximum Gasteiger partial charge on any atom is 0.278 e. The maximum atomic E-state index is 12.6. The number of nitriles is 1. The Morgan fingerprint density at radius 3 is 2.77 bits per heavy atom. The standard InChI is InChI=1S/C19H15N3O2S2/c20-11-15-14-3-1-2-4-16(14)26-18(15)22-17(23)12-5-7-13(8-6-12)24-19-21-9-10-25-19/h5-10H,1-4H2,(H,22,23). The fourth-order valence-corrected chi connectivity index (χ4v) is 4.72. The number of carbonyl (C=O) groups excluding carboxylic acids is 1. The lowest BCUT2D eigenvalue weighted by Crippen LogP contribution is -2.11. The number of amides is 1. The van der Waals surface area contributed by atoms with E-state index in [1.807, 2.05) is 5.38 Å². The van der Waals surface area contributed by atoms with E-state index in [1.165, 1.54) is 27.6 Å². The molecule has 0 bridgehead atoms. The van der Waals surface area contributed by atoms with Gasteiger partial charge in [-0.2, -0.15) is 5.26 Å². The summed E-state index contributed by atoms with van der Waals surface area (Å²) in [6.07, 6.45) is 5.84. The fourth-order valence-electron chi connectivity index (χ4n) is 2.98. The fraction of sp³-hybridized carbons (Fsp3) is 0.211. The van der Waals surface area contributed by atoms with Crippen LogP contribution in [0.2, 0.25) is 0 Å². The van der Waals surface area contributed by atoms with E-state index in [0.29, 0.717) is 27.1 Å². The smallest absolute Gasteiger partial charge is 0.278 e. The minimum absolute atomic E-state index is 0.221. The molecule has 2 aromatic heterocycles. The SMILES string of the molecule is N#Cc1c(NC(=O)c2ccc(Oc3nccs3)cc2)sc2c1CCCC2. The zero-order valence-electron chi connectivity index (χ0n) is 13.8. The van der Waals surface area contributed by atoms with Gasteiger partial charge in [-0.25, -0.2) is 4.98 Å². The van der Waals surface area contributed by atoms with Crippen molar-refractivity contribution in [2.75, 3.05) is 5.32 Å². The predicted molar refractivity (Wildman–Crippen MR) is 102 cm³/mol. The number of thiophene rings is 1. The Morgan fingerprint density at radius 2 is 2.04 bits per heavy atom. The molecule has 5 nitrogen and oxygen atoms in total. The Balaban J connectivity index is 1.50. The second kappa shape index (κ2) is 7.28. The first-order valence-electron chi connectivity index (χ1n) is 8.28. The number of benzene rings is 1. The lowest BCUT2D eigenvalue weighted by molar-refractivity contribution is 0.102. The number of thiazole rings is 1. The third-order valence-electron chi connectivity index (χ3n) is 4.24. The molecule has 1 N–H and O–H groups in total. The molecule has 0 saturated heterocycles. The molecular weight excluding hydrogens is 366 g/mol. The second-order valence-corrected chi connectivity index (χ2v) is 7.87. The van der Waals surface area contributed by atoms with E-state index < -0.39 is 0 Å². The molecular formula is C19H15N3O2S2. The van der Waals surface area contributed by atoms with Crippen LogP contribution in [-0.4, -0.2) is 10.9 Å². The highest BCUT2D eigenvalue weighted by Crippen LogP contribution is 2.37. The van der Waals surface area contributed by atoms with Crippen LogP contribution in [0.3, 0.4) is 0 Å². The summed E-state index contributed by atoms with van der Waals surface area (Å²) in [6, 6.07) is 9.15. The van der Waals surface area contributed by atoms with E-state index in [4.69, 9.17) is 4.74 Å². The zero-order chi connectivity index (χ0) is 17.9. The van der Waals surface area contributed by atoms with Crippen molar-refractivity contribution in [3.05, 3.63) is 57.4 Å². The number of carbonyl (C=O) groups is 1. The number of rotatable bonds is 4. The zero-order valence-corrected chi connectivity index (χ0v) is 15.5. The first-order chi connectivity index (χ1) is 12.7. The largest absolute Gasteiger partial charge is 0.431 e. The summed E-state index contributed by atoms with van der Waals surface area (Å²) in [7, 11) is 0. The number of hydrogen-bond acceptors (Lipinski definition) is 6. The minimum Gasteiger partial charge on any atom is -0.431 e. The average molecular weight is 381 g/mol. The Labute approximate surface area is 158 Å². The van der Waals surface area contributed by atoms with Gasteiger partial charge in [-0.1, -0.05) is 11.3 Å². The summed E-state index contributed by atoms with van der Waals surface area (Å²) in [4.78, 5) is 17.9. The van der Waals surface area contributed by atoms with Crippen LogP contribution in [0.25, 0.3) is 0 Å². The Morgan fingerprint density at radius 1 is 1.23 bits per heavy atom. The molecule has 0 saturated carbocycles. The number of hydrogen-bond donors (Lipinski definition) is 1. The topological polar surface area (TPSA) is 75.0 Å². The van der Waals surface area contributed by atoms with Gasteiger partial charge in [0.25, 0.3) is 11.1 Å². The quantitative estimate of drug-likeness (QED) is 0.690. The monoisotopic (exact) mass is 381 g/mol. The number of nitrogens with one attached hydrogen (secondary N) is 1. The van der Waals surface area contributed by atoms with Crippen LogP contribution in [0.5, 0.6) is 10.9 Å². The molecule has 130 valence electrons. The van der Waals surface area contributed by atoms with Gasteiger partial charge in [0, 0.05) is 22.0 Å². The predicted octanol–water partition coefficient (Wildman–Crippen LogP) is 5.00. The number of fused-ring (bicyclic) bond motifs is 1. The first-order valence-corrected chi connectivity index (χ1v) is 9.97. The molecule has 0 aliphatic heterocycles. The highest BCUT2D eigenvalue weighted by molar-refractivity contribution is 7.16. The van der Waals surface area contributed by atoms with Gasteiger partial charge in [-0.05, 0) is 55.5 Å². The average Bonchev–Trinajstić information content (AvgIpc) is 3.29. The molecule has 1 aliphatic carbocycles. The van der Waals surface area contributed by atoms with Crippen LogP contribution in [0.15, 0.2) is 35.8 Å². The Kier molecular flexibility index (Phi) is 4.69. The molecule has 1 amide bonds. The van der Waals surface area contributed by atoms with E-state index in [2.05, 4.69) is 16.4 Å². The molecule has 26 heavy (non-hydrogen) atoms. The van der Waals surface area contributed by atoms with Crippen LogP contribution in [0.4, 0.5) is 5.00 Å². The van der Waals surface area contributed by atoms with Crippen LogP contribution in [-0.2, 0) is 12.8 Å². The summed E-state index contributed by atoms with van der Waals surface area (Å²) < 4.78 is 5.60. The number of aromatic nitrogens is 1. The molecule has 0 unspecified atom stereocenters. The van der Waals surface area contributed by atoms with Crippen molar-refractivity contribution in [1.82, 2.24) is 4.98 Å². The van der Waals surface area contributed by atoms with Crippen LogP contribution in [0, 0.1) is 11.3 Å². The highest BCUT2D eigenvalue weighted by atomic mass is 32.1. The molecule has 1 aromatic carbocycles. The second-order valence-electron chi connectivity index (χ2n) is 5.91. The van der Waals surface area contributed by atoms with Gasteiger partial charge >= 0.3 is 0 Å². The first kappa shape index (κ1) is 16.8. The third kappa shape index (κ3) is 3.34. The van der Waals surface area contributed by atoms with E-state index in [-0.39, 0.29) is 5.91 Å². The maximum absolute atomic E-state index is 12.6. The highest BCUT2D eigenvalue weighted by Gasteiger charge is 2.22. The van der Waals surface area contributed by atoms with Crippen molar-refractivity contribution >= 4 is 33.6 Å². The van der Waals surface area contributed by atoms with Gasteiger partial charge in [-0.3, -0.25) is 4.79 Å². The molecule has 7 heteroatoms. The molecule has 0 atom stereocenters. The van der Waals surface area contributed by atoms with Gasteiger partial charge in [0.2, 0.25) is 0 Å². The summed E-state index contributed by atoms with van der Waals surface area (Å²) in [5, 5.41) is 15.5. The molecule has 2 heterocycles. The van der Waals surface area contributed by atoms with E-state index in [1.54, 1.807) is 30.5 Å². The van der Waals surface area contributed by atoms with Crippen LogP contribution < -0.4 is 10.1 Å². The molecule has 0 fully saturated rings. The lowest BCUT2D eigenvalue weighted by Gasteiger charge is -2.09. The van der Waals surface area contributed by atoms with Crippen LogP contribution in [0.1, 0.15) is 39.2 Å². The summed E-state index contributed by atoms with van der Waals surface area (Å²) in [6.45, 7) is 0. The van der Waals surface area contributed by atoms with Gasteiger partial charge in [0.1, 0.15) is 16.8 Å². The molecule has 1 aliphatic rings. The van der Waals surface area contributed by atoms with Crippen molar-refractivity contribution in [1.29, 1.82) is 5.26 Å². The van der Waals surface area contributed by atoms with Crippen molar-refractivity contribution in [3.63, 3.8) is 0 Å². The molecule has 4 rings (SSSR count). The summed E-state index contributed by atoms with van der Waals surface area (Å²) in [5.41, 5.74) is 2.26. The number of nitrogens with zero attached hydrogens (tertiary/aromatic N) is 2. The van der Waals surface area contributed by atoms with Crippen molar-refractivity contribution in [2.45, 2.75) is 25.7 Å². The van der Waals surface area contributed by atoms with E-state index in [9.17, 15) is 10.1 Å². The normalized spacial score (nSPS) is 12.9. The third-order valence-corrected chi connectivity index (χ3v) is 6.10. The number of ether oxygens (including phenoxy) is 1. The van der Waals surface area contributed by atoms with E-state index >= 15 is 0 Å².